The summed E-state index contributed by atoms with van der Waals surface area (Å²) in [7, 11) is 0. The first-order valence-corrected chi connectivity index (χ1v) is 9.62. The van der Waals surface area contributed by atoms with Crippen molar-refractivity contribution >= 4 is 5.91 Å². The van der Waals surface area contributed by atoms with E-state index in [1.54, 1.807) is 6.20 Å². The third-order valence-corrected chi connectivity index (χ3v) is 5.55. The second-order valence-corrected chi connectivity index (χ2v) is 7.71. The number of aromatic nitrogens is 2. The lowest BCUT2D eigenvalue weighted by Crippen LogP contribution is -2.68. The highest BCUT2D eigenvalue weighted by atomic mass is 16.5. The first-order valence-electron chi connectivity index (χ1n) is 9.62. The van der Waals surface area contributed by atoms with Gasteiger partial charge in [0.1, 0.15) is 18.3 Å². The van der Waals surface area contributed by atoms with E-state index in [0.29, 0.717) is 25.7 Å². The molecule has 3 heterocycles. The normalized spacial score (nSPS) is 25.3. The molecule has 0 bridgehead atoms. The number of carbonyl (C=O) groups is 1. The average Bonchev–Trinajstić information content (AvgIpc) is 3.11. The highest BCUT2D eigenvalue weighted by Crippen LogP contribution is 2.35. The van der Waals surface area contributed by atoms with Crippen molar-refractivity contribution in [1.82, 2.24) is 14.9 Å². The lowest BCUT2D eigenvalue weighted by molar-refractivity contribution is -0.196. The second-order valence-electron chi connectivity index (χ2n) is 7.71. The number of aryl methyl sites for hydroxylation is 1. The van der Waals surface area contributed by atoms with Gasteiger partial charge in [0.25, 0.3) is 0 Å². The minimum atomic E-state index is -0.282. The van der Waals surface area contributed by atoms with Crippen LogP contribution in [0.2, 0.25) is 0 Å². The fourth-order valence-electron chi connectivity index (χ4n) is 4.10. The molecule has 0 aromatic carbocycles. The minimum absolute atomic E-state index is 0.0255. The van der Waals surface area contributed by atoms with Gasteiger partial charge in [0.2, 0.25) is 5.91 Å². The molecule has 3 aliphatic rings. The van der Waals surface area contributed by atoms with Crippen molar-refractivity contribution in [2.24, 2.45) is 0 Å². The Kier molecular flexibility index (Phi) is 5.09. The molecule has 1 amide bonds. The Hall–Kier alpha value is -1.73. The number of hydrogen-bond donors (Lipinski definition) is 0. The SMILES string of the molecule is Cc1ccnc(O[C@@H]2CCOC3(C2)CN(C(=O)COC2CCCC2)C3)n1. The van der Waals surface area contributed by atoms with Crippen LogP contribution in [-0.2, 0) is 14.3 Å². The number of ether oxygens (including phenoxy) is 3. The topological polar surface area (TPSA) is 73.8 Å². The molecule has 1 aromatic rings. The van der Waals surface area contributed by atoms with Crippen LogP contribution in [0.1, 0.15) is 44.2 Å². The first kappa shape index (κ1) is 17.7. The Labute approximate surface area is 154 Å². The Bertz CT molecular complexity index is 641. The summed E-state index contributed by atoms with van der Waals surface area (Å²) in [5, 5.41) is 0. The highest BCUT2D eigenvalue weighted by Gasteiger charge is 2.50. The van der Waals surface area contributed by atoms with Gasteiger partial charge in [-0.3, -0.25) is 4.79 Å². The quantitative estimate of drug-likeness (QED) is 0.797. The summed E-state index contributed by atoms with van der Waals surface area (Å²) >= 11 is 0. The number of hydrogen-bond acceptors (Lipinski definition) is 6. The molecule has 2 aliphatic heterocycles. The summed E-state index contributed by atoms with van der Waals surface area (Å²) in [5.74, 6) is 0.0659. The highest BCUT2D eigenvalue weighted by molar-refractivity contribution is 5.78. The van der Waals surface area contributed by atoms with Crippen molar-refractivity contribution in [3.63, 3.8) is 0 Å². The van der Waals surface area contributed by atoms with Crippen LogP contribution in [0.4, 0.5) is 0 Å². The van der Waals surface area contributed by atoms with Gasteiger partial charge in [0.05, 0.1) is 25.8 Å². The number of nitrogens with zero attached hydrogens (tertiary/aromatic N) is 3. The molecule has 1 aromatic heterocycles. The third-order valence-electron chi connectivity index (χ3n) is 5.55. The Balaban J connectivity index is 1.25. The standard InChI is InChI=1S/C19H27N3O4/c1-14-6-8-20-18(21-14)26-16-7-9-25-19(10-16)12-22(13-19)17(23)11-24-15-4-2-3-5-15/h6,8,15-16H,2-5,7,9-13H2,1H3/t16-/m1/s1. The molecule has 26 heavy (non-hydrogen) atoms. The van der Waals surface area contributed by atoms with Crippen molar-refractivity contribution in [2.75, 3.05) is 26.3 Å². The van der Waals surface area contributed by atoms with E-state index in [2.05, 4.69) is 9.97 Å². The predicted molar refractivity (Wildman–Crippen MR) is 93.9 cm³/mol. The van der Waals surface area contributed by atoms with E-state index in [-0.39, 0.29) is 30.3 Å². The number of carbonyl (C=O) groups excluding carboxylic acids is 1. The monoisotopic (exact) mass is 361 g/mol. The van der Waals surface area contributed by atoms with Gasteiger partial charge in [0, 0.05) is 24.7 Å². The molecule has 4 rings (SSSR count). The van der Waals surface area contributed by atoms with E-state index in [1.165, 1.54) is 12.8 Å². The molecule has 0 radical (unpaired) electrons. The first-order chi connectivity index (χ1) is 12.6. The van der Waals surface area contributed by atoms with E-state index in [1.807, 2.05) is 17.9 Å². The van der Waals surface area contributed by atoms with Crippen molar-refractivity contribution in [3.05, 3.63) is 18.0 Å². The summed E-state index contributed by atoms with van der Waals surface area (Å²) in [6.45, 7) is 3.99. The van der Waals surface area contributed by atoms with E-state index in [0.717, 1.165) is 31.4 Å². The van der Waals surface area contributed by atoms with E-state index >= 15 is 0 Å². The van der Waals surface area contributed by atoms with E-state index < -0.39 is 0 Å². The van der Waals surface area contributed by atoms with Crippen LogP contribution in [0.25, 0.3) is 0 Å². The Morgan fingerprint density at radius 1 is 1.31 bits per heavy atom. The van der Waals surface area contributed by atoms with E-state index in [9.17, 15) is 4.79 Å². The summed E-state index contributed by atoms with van der Waals surface area (Å²) in [6, 6.07) is 2.27. The summed E-state index contributed by atoms with van der Waals surface area (Å²) in [4.78, 5) is 22.6. The van der Waals surface area contributed by atoms with Crippen molar-refractivity contribution < 1.29 is 19.0 Å². The molecule has 1 saturated carbocycles. The van der Waals surface area contributed by atoms with Crippen LogP contribution >= 0.6 is 0 Å². The zero-order valence-corrected chi connectivity index (χ0v) is 15.4. The minimum Gasteiger partial charge on any atom is -0.460 e. The number of rotatable bonds is 5. The van der Waals surface area contributed by atoms with Crippen molar-refractivity contribution in [2.45, 2.75) is 63.3 Å². The van der Waals surface area contributed by atoms with E-state index in [4.69, 9.17) is 14.2 Å². The summed E-state index contributed by atoms with van der Waals surface area (Å²) in [6.07, 6.45) is 8.18. The van der Waals surface area contributed by atoms with Gasteiger partial charge in [-0.15, -0.1) is 0 Å². The van der Waals surface area contributed by atoms with Crippen LogP contribution in [0.15, 0.2) is 12.3 Å². The van der Waals surface area contributed by atoms with Crippen LogP contribution < -0.4 is 4.74 Å². The van der Waals surface area contributed by atoms with Gasteiger partial charge in [0.15, 0.2) is 0 Å². The molecule has 0 N–H and O–H groups in total. The number of likely N-dealkylation sites (tertiary alicyclic amines) is 1. The molecule has 1 atom stereocenters. The second kappa shape index (κ2) is 7.48. The lowest BCUT2D eigenvalue weighted by Gasteiger charge is -2.52. The van der Waals surface area contributed by atoms with Crippen LogP contribution in [-0.4, -0.2) is 64.9 Å². The van der Waals surface area contributed by atoms with Gasteiger partial charge >= 0.3 is 6.01 Å². The fraction of sp³-hybridized carbons (Fsp3) is 0.737. The zero-order valence-electron chi connectivity index (χ0n) is 15.4. The van der Waals surface area contributed by atoms with Crippen molar-refractivity contribution in [3.8, 4) is 6.01 Å². The maximum absolute atomic E-state index is 12.3. The Morgan fingerprint density at radius 2 is 2.12 bits per heavy atom. The fourth-order valence-corrected chi connectivity index (χ4v) is 4.10. The molecule has 7 nitrogen and oxygen atoms in total. The van der Waals surface area contributed by atoms with Gasteiger partial charge in [-0.1, -0.05) is 12.8 Å². The molecule has 2 saturated heterocycles. The molecule has 1 spiro atoms. The molecule has 142 valence electrons. The predicted octanol–water partition coefficient (Wildman–Crippen LogP) is 1.88. The molecule has 7 heteroatoms. The molecular formula is C19H27N3O4. The van der Waals surface area contributed by atoms with Crippen LogP contribution in [0.5, 0.6) is 6.01 Å². The molecule has 1 aliphatic carbocycles. The van der Waals surface area contributed by atoms with Gasteiger partial charge in [-0.2, -0.15) is 0 Å². The lowest BCUT2D eigenvalue weighted by atomic mass is 9.84. The van der Waals surface area contributed by atoms with Crippen molar-refractivity contribution in [1.29, 1.82) is 0 Å². The molecule has 3 fully saturated rings. The average molecular weight is 361 g/mol. The third kappa shape index (κ3) is 3.99. The van der Waals surface area contributed by atoms with Crippen LogP contribution in [0, 0.1) is 6.92 Å². The maximum Gasteiger partial charge on any atom is 0.316 e. The van der Waals surface area contributed by atoms with Crippen LogP contribution in [0.3, 0.4) is 0 Å². The zero-order chi connectivity index (χ0) is 18.0. The summed E-state index contributed by atoms with van der Waals surface area (Å²) in [5.41, 5.74) is 0.606. The largest absolute Gasteiger partial charge is 0.460 e. The Morgan fingerprint density at radius 3 is 2.88 bits per heavy atom. The van der Waals surface area contributed by atoms with Gasteiger partial charge in [-0.25, -0.2) is 9.97 Å². The smallest absolute Gasteiger partial charge is 0.316 e. The molecular weight excluding hydrogens is 334 g/mol. The van der Waals surface area contributed by atoms with Gasteiger partial charge in [-0.05, 0) is 25.8 Å². The summed E-state index contributed by atoms with van der Waals surface area (Å²) < 4.78 is 17.7. The number of amides is 1. The molecule has 0 unspecified atom stereocenters. The van der Waals surface area contributed by atoms with Gasteiger partial charge < -0.3 is 19.1 Å². The maximum atomic E-state index is 12.3.